The van der Waals surface area contributed by atoms with Crippen molar-refractivity contribution in [3.63, 3.8) is 0 Å². The molecule has 0 radical (unpaired) electrons. The molecule has 2 aliphatic rings. The van der Waals surface area contributed by atoms with Crippen molar-refractivity contribution in [1.82, 2.24) is 4.98 Å². The van der Waals surface area contributed by atoms with Gasteiger partial charge in [-0.25, -0.2) is 4.99 Å². The van der Waals surface area contributed by atoms with Gasteiger partial charge in [-0.05, 0) is 30.7 Å². The van der Waals surface area contributed by atoms with Crippen molar-refractivity contribution < 1.29 is 4.79 Å². The van der Waals surface area contributed by atoms with E-state index >= 15 is 0 Å². The standard InChI is InChI=1S/C16H13N3O/c20-15-12-8-10-19(11-5-2-1-3-6-11)16(12)18-13-7-4-9-17-14(13)15/h1-7,9,12H,8,10H2. The van der Waals surface area contributed by atoms with Crippen LogP contribution in [0.5, 0.6) is 0 Å². The molecule has 0 saturated carbocycles. The molecule has 98 valence electrons. The molecular weight excluding hydrogens is 250 g/mol. The average molecular weight is 263 g/mol. The minimum atomic E-state index is -0.141. The molecule has 1 unspecified atom stereocenters. The van der Waals surface area contributed by atoms with Crippen LogP contribution in [-0.2, 0) is 0 Å². The second-order valence-corrected chi connectivity index (χ2v) is 5.03. The fourth-order valence-corrected chi connectivity index (χ4v) is 2.91. The SMILES string of the molecule is O=C1c2ncccc2N=C2C1CCN2c1ccccc1. The van der Waals surface area contributed by atoms with Crippen molar-refractivity contribution in [1.29, 1.82) is 0 Å². The fourth-order valence-electron chi connectivity index (χ4n) is 2.91. The number of ketones is 1. The van der Waals surface area contributed by atoms with E-state index in [-0.39, 0.29) is 11.7 Å². The van der Waals surface area contributed by atoms with Crippen LogP contribution in [0.4, 0.5) is 11.4 Å². The summed E-state index contributed by atoms with van der Waals surface area (Å²) in [6.07, 6.45) is 2.46. The predicted octanol–water partition coefficient (Wildman–Crippen LogP) is 2.83. The van der Waals surface area contributed by atoms with Gasteiger partial charge in [0, 0.05) is 18.4 Å². The van der Waals surface area contributed by atoms with E-state index in [1.807, 2.05) is 42.5 Å². The maximum absolute atomic E-state index is 12.5. The lowest BCUT2D eigenvalue weighted by Gasteiger charge is -2.23. The normalized spacial score (nSPS) is 20.4. The zero-order valence-corrected chi connectivity index (χ0v) is 10.9. The van der Waals surface area contributed by atoms with E-state index < -0.39 is 0 Å². The van der Waals surface area contributed by atoms with Gasteiger partial charge in [-0.3, -0.25) is 9.78 Å². The number of rotatable bonds is 1. The number of carbonyl (C=O) groups excluding carboxylic acids is 1. The van der Waals surface area contributed by atoms with E-state index in [1.54, 1.807) is 6.20 Å². The van der Waals surface area contributed by atoms with Gasteiger partial charge in [-0.15, -0.1) is 0 Å². The predicted molar refractivity (Wildman–Crippen MR) is 77.6 cm³/mol. The van der Waals surface area contributed by atoms with Crippen LogP contribution in [0.25, 0.3) is 0 Å². The number of hydrogen-bond donors (Lipinski definition) is 0. The van der Waals surface area contributed by atoms with Gasteiger partial charge in [0.15, 0.2) is 5.78 Å². The minimum Gasteiger partial charge on any atom is -0.329 e. The Morgan fingerprint density at radius 1 is 1.10 bits per heavy atom. The van der Waals surface area contributed by atoms with Gasteiger partial charge in [0.25, 0.3) is 0 Å². The Kier molecular flexibility index (Phi) is 2.42. The smallest absolute Gasteiger partial charge is 0.194 e. The molecule has 1 atom stereocenters. The van der Waals surface area contributed by atoms with Gasteiger partial charge in [-0.1, -0.05) is 18.2 Å². The first-order valence-electron chi connectivity index (χ1n) is 6.75. The van der Waals surface area contributed by atoms with Crippen LogP contribution in [0.2, 0.25) is 0 Å². The number of aliphatic imine (C=N–C) groups is 1. The Hall–Kier alpha value is -2.49. The Bertz CT molecular complexity index is 709. The average Bonchev–Trinajstić information content (AvgIpc) is 2.92. The lowest BCUT2D eigenvalue weighted by Crippen LogP contribution is -2.33. The largest absolute Gasteiger partial charge is 0.329 e. The van der Waals surface area contributed by atoms with Crippen molar-refractivity contribution in [3.05, 3.63) is 54.4 Å². The zero-order chi connectivity index (χ0) is 13.5. The number of carbonyl (C=O) groups is 1. The molecule has 1 aromatic heterocycles. The number of amidine groups is 1. The molecular formula is C16H13N3O. The van der Waals surface area contributed by atoms with Crippen molar-refractivity contribution in [2.75, 3.05) is 11.4 Å². The van der Waals surface area contributed by atoms with E-state index in [0.29, 0.717) is 11.4 Å². The molecule has 2 aliphatic heterocycles. The number of hydrogen-bond acceptors (Lipinski definition) is 4. The van der Waals surface area contributed by atoms with Crippen molar-refractivity contribution in [2.24, 2.45) is 10.9 Å². The van der Waals surface area contributed by atoms with E-state index in [9.17, 15) is 4.79 Å². The molecule has 4 nitrogen and oxygen atoms in total. The topological polar surface area (TPSA) is 45.6 Å². The van der Waals surface area contributed by atoms with Crippen molar-refractivity contribution in [3.8, 4) is 0 Å². The third kappa shape index (κ3) is 1.58. The Morgan fingerprint density at radius 2 is 1.95 bits per heavy atom. The van der Waals surface area contributed by atoms with Crippen molar-refractivity contribution in [2.45, 2.75) is 6.42 Å². The highest BCUT2D eigenvalue weighted by Crippen LogP contribution is 2.35. The fraction of sp³-hybridized carbons (Fsp3) is 0.188. The Morgan fingerprint density at radius 3 is 2.80 bits per heavy atom. The van der Waals surface area contributed by atoms with Gasteiger partial charge in [0.05, 0.1) is 11.6 Å². The Labute approximate surface area is 116 Å². The molecule has 1 fully saturated rings. The van der Waals surface area contributed by atoms with Crippen LogP contribution in [0, 0.1) is 5.92 Å². The summed E-state index contributed by atoms with van der Waals surface area (Å²) < 4.78 is 0. The Balaban J connectivity index is 1.83. The molecule has 0 spiro atoms. The lowest BCUT2D eigenvalue weighted by atomic mass is 9.96. The van der Waals surface area contributed by atoms with Crippen molar-refractivity contribution >= 4 is 23.0 Å². The third-order valence-electron chi connectivity index (χ3n) is 3.87. The zero-order valence-electron chi connectivity index (χ0n) is 10.9. The van der Waals surface area contributed by atoms with Crippen LogP contribution in [0.1, 0.15) is 16.9 Å². The first kappa shape index (κ1) is 11.3. The summed E-state index contributed by atoms with van der Waals surface area (Å²) in [6.45, 7) is 0.827. The highest BCUT2D eigenvalue weighted by Gasteiger charge is 2.40. The van der Waals surface area contributed by atoms with Crippen LogP contribution in [-0.4, -0.2) is 23.1 Å². The van der Waals surface area contributed by atoms with E-state index in [0.717, 1.165) is 24.5 Å². The molecule has 0 aliphatic carbocycles. The highest BCUT2D eigenvalue weighted by molar-refractivity contribution is 6.22. The third-order valence-corrected chi connectivity index (χ3v) is 3.87. The number of Topliss-reactive ketones (excluding diaryl/α,β-unsaturated/α-hetero) is 1. The number of para-hydroxylation sites is 1. The second-order valence-electron chi connectivity index (χ2n) is 5.03. The number of aromatic nitrogens is 1. The number of pyridine rings is 1. The molecule has 1 aromatic carbocycles. The van der Waals surface area contributed by atoms with Crippen LogP contribution in [0.3, 0.4) is 0 Å². The molecule has 0 N–H and O–H groups in total. The van der Waals surface area contributed by atoms with Gasteiger partial charge in [-0.2, -0.15) is 0 Å². The van der Waals surface area contributed by atoms with E-state index in [2.05, 4.69) is 14.9 Å². The summed E-state index contributed by atoms with van der Waals surface area (Å²) in [6, 6.07) is 13.8. The minimum absolute atomic E-state index is 0.101. The quantitative estimate of drug-likeness (QED) is 0.794. The summed E-state index contributed by atoms with van der Waals surface area (Å²) in [4.78, 5) is 23.5. The van der Waals surface area contributed by atoms with Crippen LogP contribution < -0.4 is 4.90 Å². The maximum Gasteiger partial charge on any atom is 0.194 e. The highest BCUT2D eigenvalue weighted by atomic mass is 16.1. The molecule has 1 saturated heterocycles. The van der Waals surface area contributed by atoms with Crippen LogP contribution >= 0.6 is 0 Å². The number of anilines is 1. The molecule has 3 heterocycles. The first-order chi connectivity index (χ1) is 9.84. The van der Waals surface area contributed by atoms with Gasteiger partial charge < -0.3 is 4.90 Å². The summed E-state index contributed by atoms with van der Waals surface area (Å²) in [5.41, 5.74) is 2.29. The summed E-state index contributed by atoms with van der Waals surface area (Å²) in [7, 11) is 0. The molecule has 0 bridgehead atoms. The number of benzene rings is 1. The first-order valence-corrected chi connectivity index (χ1v) is 6.75. The summed E-state index contributed by atoms with van der Waals surface area (Å²) in [5.74, 6) is 0.823. The molecule has 4 heteroatoms. The summed E-state index contributed by atoms with van der Waals surface area (Å²) >= 11 is 0. The second kappa shape index (κ2) is 4.27. The van der Waals surface area contributed by atoms with Gasteiger partial charge in [0.1, 0.15) is 11.5 Å². The van der Waals surface area contributed by atoms with Crippen LogP contribution in [0.15, 0.2) is 53.7 Å². The van der Waals surface area contributed by atoms with E-state index in [4.69, 9.17) is 0 Å². The molecule has 2 aromatic rings. The molecule has 0 amide bonds. The maximum atomic E-state index is 12.5. The molecule has 4 rings (SSSR count). The number of fused-ring (bicyclic) bond motifs is 2. The van der Waals surface area contributed by atoms with Gasteiger partial charge >= 0.3 is 0 Å². The van der Waals surface area contributed by atoms with E-state index in [1.165, 1.54) is 0 Å². The lowest BCUT2D eigenvalue weighted by molar-refractivity contribution is 0.0949. The molecule has 20 heavy (non-hydrogen) atoms. The monoisotopic (exact) mass is 263 g/mol. The van der Waals surface area contributed by atoms with Gasteiger partial charge in [0.2, 0.25) is 0 Å². The summed E-state index contributed by atoms with van der Waals surface area (Å²) in [5, 5.41) is 0. The number of nitrogens with zero attached hydrogens (tertiary/aromatic N) is 3.